The van der Waals surface area contributed by atoms with Crippen LogP contribution in [0.25, 0.3) is 11.3 Å². The standard InChI is InChI=1S/C14H16ClN3O2/c1-9-3-4-10(15)7-11(9)13-12(8-20)14(16)18(17-13)5-2-6-19/h3-4,7-8,19H,2,5-6,16H2,1H3. The Bertz CT molecular complexity index is 638. The van der Waals surface area contributed by atoms with Crippen LogP contribution < -0.4 is 5.73 Å². The number of carbonyl (C=O) groups is 1. The largest absolute Gasteiger partial charge is 0.396 e. The van der Waals surface area contributed by atoms with E-state index < -0.39 is 0 Å². The van der Waals surface area contributed by atoms with Gasteiger partial charge in [-0.25, -0.2) is 4.68 Å². The molecular formula is C14H16ClN3O2. The van der Waals surface area contributed by atoms with Gasteiger partial charge in [-0.3, -0.25) is 4.79 Å². The Morgan fingerprint density at radius 3 is 2.90 bits per heavy atom. The highest BCUT2D eigenvalue weighted by molar-refractivity contribution is 6.30. The highest BCUT2D eigenvalue weighted by atomic mass is 35.5. The van der Waals surface area contributed by atoms with Gasteiger partial charge in [0.05, 0.1) is 5.56 Å². The van der Waals surface area contributed by atoms with Crippen LogP contribution in [0.4, 0.5) is 5.82 Å². The van der Waals surface area contributed by atoms with E-state index >= 15 is 0 Å². The Kier molecular flexibility index (Phi) is 4.42. The lowest BCUT2D eigenvalue weighted by molar-refractivity contribution is 0.112. The van der Waals surface area contributed by atoms with Crippen LogP contribution in [0.15, 0.2) is 18.2 Å². The number of nitrogen functional groups attached to an aromatic ring is 1. The number of rotatable bonds is 5. The van der Waals surface area contributed by atoms with Gasteiger partial charge in [-0.2, -0.15) is 5.10 Å². The van der Waals surface area contributed by atoms with Gasteiger partial charge in [-0.15, -0.1) is 0 Å². The first-order valence-corrected chi connectivity index (χ1v) is 6.65. The fraction of sp³-hybridized carbons (Fsp3) is 0.286. The van der Waals surface area contributed by atoms with Crippen molar-refractivity contribution < 1.29 is 9.90 Å². The van der Waals surface area contributed by atoms with Crippen LogP contribution in [0.5, 0.6) is 0 Å². The zero-order valence-corrected chi connectivity index (χ0v) is 11.9. The maximum Gasteiger partial charge on any atom is 0.156 e. The fourth-order valence-electron chi connectivity index (χ4n) is 2.04. The molecule has 0 saturated heterocycles. The summed E-state index contributed by atoms with van der Waals surface area (Å²) in [4.78, 5) is 11.3. The average Bonchev–Trinajstić information content (AvgIpc) is 2.75. The van der Waals surface area contributed by atoms with E-state index in [1.54, 1.807) is 12.1 Å². The Hall–Kier alpha value is -1.85. The van der Waals surface area contributed by atoms with Crippen molar-refractivity contribution in [1.29, 1.82) is 0 Å². The highest BCUT2D eigenvalue weighted by Crippen LogP contribution is 2.30. The molecule has 3 N–H and O–H groups in total. The van der Waals surface area contributed by atoms with Gasteiger partial charge in [0, 0.05) is 23.7 Å². The second-order valence-corrected chi connectivity index (χ2v) is 4.96. The zero-order valence-electron chi connectivity index (χ0n) is 11.1. The van der Waals surface area contributed by atoms with Crippen LogP contribution in [0.1, 0.15) is 22.3 Å². The topological polar surface area (TPSA) is 81.1 Å². The number of nitrogens with zero attached hydrogens (tertiary/aromatic N) is 2. The number of nitrogens with two attached hydrogens (primary N) is 1. The third kappa shape index (κ3) is 2.69. The summed E-state index contributed by atoms with van der Waals surface area (Å²) in [6.07, 6.45) is 1.23. The first kappa shape index (κ1) is 14.6. The molecule has 20 heavy (non-hydrogen) atoms. The highest BCUT2D eigenvalue weighted by Gasteiger charge is 2.18. The number of halogens is 1. The van der Waals surface area contributed by atoms with E-state index in [0.29, 0.717) is 41.3 Å². The van der Waals surface area contributed by atoms with Crippen LogP contribution in [0.2, 0.25) is 5.02 Å². The lowest BCUT2D eigenvalue weighted by Crippen LogP contribution is -2.06. The summed E-state index contributed by atoms with van der Waals surface area (Å²) in [5, 5.41) is 13.8. The monoisotopic (exact) mass is 293 g/mol. The molecule has 0 spiro atoms. The zero-order chi connectivity index (χ0) is 14.7. The number of aromatic nitrogens is 2. The summed E-state index contributed by atoms with van der Waals surface area (Å²) in [5.41, 5.74) is 8.56. The van der Waals surface area contributed by atoms with Crippen LogP contribution in [0, 0.1) is 6.92 Å². The van der Waals surface area contributed by atoms with Gasteiger partial charge in [0.1, 0.15) is 11.5 Å². The lowest BCUT2D eigenvalue weighted by atomic mass is 10.0. The molecule has 106 valence electrons. The second kappa shape index (κ2) is 6.07. The second-order valence-electron chi connectivity index (χ2n) is 4.52. The van der Waals surface area contributed by atoms with Crippen molar-refractivity contribution in [2.75, 3.05) is 12.3 Å². The normalized spacial score (nSPS) is 10.8. The number of aldehydes is 1. The van der Waals surface area contributed by atoms with Crippen LogP contribution >= 0.6 is 11.6 Å². The van der Waals surface area contributed by atoms with Crippen molar-refractivity contribution in [3.05, 3.63) is 34.3 Å². The molecule has 0 aliphatic carbocycles. The number of benzene rings is 1. The molecule has 2 aromatic rings. The molecule has 0 fully saturated rings. The van der Waals surface area contributed by atoms with E-state index in [-0.39, 0.29) is 6.61 Å². The predicted octanol–water partition coefficient (Wildman–Crippen LogP) is 2.29. The number of aliphatic hydroxyl groups excluding tert-OH is 1. The molecule has 0 aliphatic heterocycles. The Labute approximate surface area is 122 Å². The average molecular weight is 294 g/mol. The van der Waals surface area contributed by atoms with Crippen molar-refractivity contribution in [2.45, 2.75) is 19.9 Å². The van der Waals surface area contributed by atoms with E-state index in [0.717, 1.165) is 11.1 Å². The van der Waals surface area contributed by atoms with Crippen molar-refractivity contribution in [3.8, 4) is 11.3 Å². The van der Waals surface area contributed by atoms with Gasteiger partial charge in [0.25, 0.3) is 0 Å². The third-order valence-corrected chi connectivity index (χ3v) is 3.37. The summed E-state index contributed by atoms with van der Waals surface area (Å²) in [5.74, 6) is 0.308. The summed E-state index contributed by atoms with van der Waals surface area (Å²) >= 11 is 6.01. The van der Waals surface area contributed by atoms with E-state index in [2.05, 4.69) is 5.10 Å². The molecule has 1 heterocycles. The molecule has 2 rings (SSSR count). The first-order chi connectivity index (χ1) is 9.58. The molecule has 0 radical (unpaired) electrons. The number of anilines is 1. The maximum absolute atomic E-state index is 11.3. The molecule has 6 heteroatoms. The first-order valence-electron chi connectivity index (χ1n) is 6.27. The Morgan fingerprint density at radius 2 is 2.25 bits per heavy atom. The summed E-state index contributed by atoms with van der Waals surface area (Å²) in [6, 6.07) is 5.42. The van der Waals surface area contributed by atoms with E-state index in [1.165, 1.54) is 4.68 Å². The van der Waals surface area contributed by atoms with Crippen LogP contribution in [0.3, 0.4) is 0 Å². The number of carbonyl (C=O) groups excluding carboxylic acids is 1. The quantitative estimate of drug-likeness (QED) is 0.829. The van der Waals surface area contributed by atoms with Gasteiger partial charge >= 0.3 is 0 Å². The Morgan fingerprint density at radius 1 is 1.50 bits per heavy atom. The van der Waals surface area contributed by atoms with Gasteiger partial charge < -0.3 is 10.8 Å². The van der Waals surface area contributed by atoms with Crippen LogP contribution in [-0.4, -0.2) is 27.8 Å². The number of hydrogen-bond donors (Lipinski definition) is 2. The molecule has 1 aromatic carbocycles. The van der Waals surface area contributed by atoms with Crippen molar-refractivity contribution >= 4 is 23.7 Å². The summed E-state index contributed by atoms with van der Waals surface area (Å²) < 4.78 is 1.54. The minimum absolute atomic E-state index is 0.0429. The van der Waals surface area contributed by atoms with Gasteiger partial charge in [-0.05, 0) is 31.0 Å². The third-order valence-electron chi connectivity index (χ3n) is 3.13. The molecular weight excluding hydrogens is 278 g/mol. The minimum Gasteiger partial charge on any atom is -0.396 e. The molecule has 5 nitrogen and oxygen atoms in total. The van der Waals surface area contributed by atoms with Crippen molar-refractivity contribution in [1.82, 2.24) is 9.78 Å². The number of aryl methyl sites for hydroxylation is 2. The SMILES string of the molecule is Cc1ccc(Cl)cc1-c1nn(CCCO)c(N)c1C=O. The minimum atomic E-state index is 0.0429. The lowest BCUT2D eigenvalue weighted by Gasteiger charge is -2.04. The molecule has 0 atom stereocenters. The number of hydrogen-bond acceptors (Lipinski definition) is 4. The van der Waals surface area contributed by atoms with Crippen molar-refractivity contribution in [3.63, 3.8) is 0 Å². The van der Waals surface area contributed by atoms with Gasteiger partial charge in [0.2, 0.25) is 0 Å². The maximum atomic E-state index is 11.3. The summed E-state index contributed by atoms with van der Waals surface area (Å²) in [6.45, 7) is 2.42. The number of aliphatic hydroxyl groups is 1. The van der Waals surface area contributed by atoms with E-state index in [9.17, 15) is 4.79 Å². The van der Waals surface area contributed by atoms with Crippen molar-refractivity contribution in [2.24, 2.45) is 0 Å². The fourth-order valence-corrected chi connectivity index (χ4v) is 2.22. The predicted molar refractivity (Wildman–Crippen MR) is 78.9 cm³/mol. The molecule has 0 saturated carbocycles. The molecule has 0 bridgehead atoms. The smallest absolute Gasteiger partial charge is 0.156 e. The molecule has 0 amide bonds. The molecule has 1 aromatic heterocycles. The van der Waals surface area contributed by atoms with Gasteiger partial charge in [0.15, 0.2) is 6.29 Å². The Balaban J connectivity index is 2.55. The van der Waals surface area contributed by atoms with Gasteiger partial charge in [-0.1, -0.05) is 17.7 Å². The molecule has 0 aliphatic rings. The van der Waals surface area contributed by atoms with E-state index in [4.69, 9.17) is 22.4 Å². The van der Waals surface area contributed by atoms with E-state index in [1.807, 2.05) is 13.0 Å². The molecule has 0 unspecified atom stereocenters. The summed E-state index contributed by atoms with van der Waals surface area (Å²) in [7, 11) is 0. The van der Waals surface area contributed by atoms with Crippen LogP contribution in [-0.2, 0) is 6.54 Å².